The third-order valence-corrected chi connectivity index (χ3v) is 5.20. The molecule has 1 N–H and O–H groups in total. The molecule has 0 aromatic heterocycles. The Bertz CT molecular complexity index is 683. The van der Waals surface area contributed by atoms with Crippen LogP contribution in [0.3, 0.4) is 0 Å². The molecule has 0 spiro atoms. The summed E-state index contributed by atoms with van der Waals surface area (Å²) in [6.45, 7) is 5.13. The molecule has 2 heterocycles. The van der Waals surface area contributed by atoms with Gasteiger partial charge in [0.05, 0.1) is 0 Å². The highest BCUT2D eigenvalue weighted by atomic mass is 16.4. The number of carbonyl (C=O) groups excluding carboxylic acids is 2. The van der Waals surface area contributed by atoms with E-state index in [1.54, 1.807) is 4.90 Å². The van der Waals surface area contributed by atoms with Gasteiger partial charge in [0.2, 0.25) is 11.8 Å². The summed E-state index contributed by atoms with van der Waals surface area (Å²) < 4.78 is 0. The molecule has 6 nitrogen and oxygen atoms in total. The van der Waals surface area contributed by atoms with Crippen LogP contribution in [0.25, 0.3) is 0 Å². The summed E-state index contributed by atoms with van der Waals surface area (Å²) in [6, 6.07) is 7.04. The molecule has 1 aromatic rings. The summed E-state index contributed by atoms with van der Waals surface area (Å²) in [6.07, 6.45) is 1.57. The van der Waals surface area contributed by atoms with Gasteiger partial charge in [-0.2, -0.15) is 0 Å². The molecule has 0 saturated carbocycles. The molecule has 2 saturated heterocycles. The third kappa shape index (κ3) is 3.25. The zero-order valence-electron chi connectivity index (χ0n) is 14.6. The van der Waals surface area contributed by atoms with Gasteiger partial charge in [0.15, 0.2) is 0 Å². The van der Waals surface area contributed by atoms with Crippen LogP contribution in [0.5, 0.6) is 0 Å². The van der Waals surface area contributed by atoms with Crippen molar-refractivity contribution >= 4 is 23.5 Å². The number of rotatable bonds is 4. The van der Waals surface area contributed by atoms with E-state index in [1.165, 1.54) is 10.5 Å². The van der Waals surface area contributed by atoms with E-state index in [9.17, 15) is 19.5 Å². The van der Waals surface area contributed by atoms with Gasteiger partial charge >= 0.3 is 5.97 Å². The van der Waals surface area contributed by atoms with Gasteiger partial charge in [0.1, 0.15) is 12.0 Å². The van der Waals surface area contributed by atoms with Crippen LogP contribution in [0.1, 0.15) is 44.6 Å². The SMILES string of the molecule is CC(C)c1ccc(N2CCC(C(=O)N3CCC[C@@H]3C(=O)O)C2=O)cc1. The van der Waals surface area contributed by atoms with E-state index < -0.39 is 17.9 Å². The second kappa shape index (κ2) is 6.86. The van der Waals surface area contributed by atoms with E-state index >= 15 is 0 Å². The predicted molar refractivity (Wildman–Crippen MR) is 93.4 cm³/mol. The number of carbonyl (C=O) groups is 3. The monoisotopic (exact) mass is 344 g/mol. The molecule has 0 radical (unpaired) electrons. The topological polar surface area (TPSA) is 77.9 Å². The molecule has 0 aliphatic carbocycles. The van der Waals surface area contributed by atoms with Crippen molar-refractivity contribution < 1.29 is 19.5 Å². The minimum absolute atomic E-state index is 0.224. The van der Waals surface area contributed by atoms with Crippen molar-refractivity contribution in [3.63, 3.8) is 0 Å². The van der Waals surface area contributed by atoms with Crippen LogP contribution in [0.4, 0.5) is 5.69 Å². The first-order chi connectivity index (χ1) is 11.9. The molecule has 6 heteroatoms. The molecule has 0 bridgehead atoms. The van der Waals surface area contributed by atoms with Crippen molar-refractivity contribution in [1.82, 2.24) is 4.90 Å². The smallest absolute Gasteiger partial charge is 0.326 e. The van der Waals surface area contributed by atoms with Crippen LogP contribution in [0.15, 0.2) is 24.3 Å². The number of carboxylic acid groups (broad SMARTS) is 1. The Morgan fingerprint density at radius 2 is 1.80 bits per heavy atom. The molecular formula is C19H24N2O4. The van der Waals surface area contributed by atoms with Gasteiger partial charge in [-0.1, -0.05) is 26.0 Å². The summed E-state index contributed by atoms with van der Waals surface area (Å²) in [4.78, 5) is 39.7. The lowest BCUT2D eigenvalue weighted by atomic mass is 10.0. The van der Waals surface area contributed by atoms with Crippen LogP contribution >= 0.6 is 0 Å². The van der Waals surface area contributed by atoms with Gasteiger partial charge in [0, 0.05) is 18.8 Å². The predicted octanol–water partition coefficient (Wildman–Crippen LogP) is 2.24. The Balaban J connectivity index is 1.73. The van der Waals surface area contributed by atoms with E-state index in [4.69, 9.17) is 0 Å². The Morgan fingerprint density at radius 3 is 2.40 bits per heavy atom. The Kier molecular flexibility index (Phi) is 4.79. The Morgan fingerprint density at radius 1 is 1.12 bits per heavy atom. The number of aliphatic carboxylic acids is 1. The van der Waals surface area contributed by atoms with Crippen LogP contribution < -0.4 is 4.90 Å². The summed E-state index contributed by atoms with van der Waals surface area (Å²) in [5, 5.41) is 9.25. The molecule has 1 aromatic carbocycles. The van der Waals surface area contributed by atoms with Gasteiger partial charge in [0.25, 0.3) is 0 Å². The molecule has 2 amide bonds. The van der Waals surface area contributed by atoms with Crippen LogP contribution in [-0.2, 0) is 14.4 Å². The maximum absolute atomic E-state index is 12.7. The highest BCUT2D eigenvalue weighted by Crippen LogP contribution is 2.30. The number of benzene rings is 1. The van der Waals surface area contributed by atoms with Crippen molar-refractivity contribution in [2.24, 2.45) is 5.92 Å². The molecule has 134 valence electrons. The maximum Gasteiger partial charge on any atom is 0.326 e. The van der Waals surface area contributed by atoms with Gasteiger partial charge < -0.3 is 14.9 Å². The lowest BCUT2D eigenvalue weighted by Crippen LogP contribution is -2.45. The summed E-state index contributed by atoms with van der Waals surface area (Å²) in [5.41, 5.74) is 1.99. The maximum atomic E-state index is 12.7. The first kappa shape index (κ1) is 17.5. The summed E-state index contributed by atoms with van der Waals surface area (Å²) in [5.74, 6) is -1.89. The third-order valence-electron chi connectivity index (χ3n) is 5.20. The van der Waals surface area contributed by atoms with E-state index in [-0.39, 0.29) is 11.8 Å². The zero-order valence-corrected chi connectivity index (χ0v) is 14.6. The molecule has 2 aliphatic rings. The van der Waals surface area contributed by atoms with Gasteiger partial charge in [-0.15, -0.1) is 0 Å². The van der Waals surface area contributed by atoms with E-state index in [0.29, 0.717) is 38.3 Å². The minimum atomic E-state index is -0.988. The first-order valence-electron chi connectivity index (χ1n) is 8.84. The summed E-state index contributed by atoms with van der Waals surface area (Å²) in [7, 11) is 0. The first-order valence-corrected chi connectivity index (χ1v) is 8.84. The second-order valence-corrected chi connectivity index (χ2v) is 7.11. The van der Waals surface area contributed by atoms with Gasteiger partial charge in [-0.3, -0.25) is 9.59 Å². The van der Waals surface area contributed by atoms with E-state index in [1.807, 2.05) is 24.3 Å². The Hall–Kier alpha value is -2.37. The fraction of sp³-hybridized carbons (Fsp3) is 0.526. The Labute approximate surface area is 147 Å². The number of hydrogen-bond donors (Lipinski definition) is 1. The number of anilines is 1. The molecule has 2 fully saturated rings. The molecule has 1 unspecified atom stereocenters. The highest BCUT2D eigenvalue weighted by molar-refractivity contribution is 6.10. The largest absolute Gasteiger partial charge is 0.480 e. The highest BCUT2D eigenvalue weighted by Gasteiger charge is 2.44. The minimum Gasteiger partial charge on any atom is -0.480 e. The summed E-state index contributed by atoms with van der Waals surface area (Å²) >= 11 is 0. The van der Waals surface area contributed by atoms with Crippen molar-refractivity contribution in [3.8, 4) is 0 Å². The van der Waals surface area contributed by atoms with E-state index in [2.05, 4.69) is 13.8 Å². The molecule has 2 atom stereocenters. The van der Waals surface area contributed by atoms with Crippen molar-refractivity contribution in [1.29, 1.82) is 0 Å². The standard InChI is InChI=1S/C19H24N2O4/c1-12(2)13-5-7-14(8-6-13)20-11-9-15(17(20)22)18(23)21-10-3-4-16(21)19(24)25/h5-8,12,15-16H,3-4,9-11H2,1-2H3,(H,24,25)/t15?,16-/m1/s1. The van der Waals surface area contributed by atoms with Crippen molar-refractivity contribution in [2.75, 3.05) is 18.0 Å². The van der Waals surface area contributed by atoms with E-state index in [0.717, 1.165) is 5.69 Å². The fourth-order valence-electron chi connectivity index (χ4n) is 3.69. The molecular weight excluding hydrogens is 320 g/mol. The van der Waals surface area contributed by atoms with Crippen LogP contribution in [0.2, 0.25) is 0 Å². The number of amides is 2. The molecule has 3 rings (SSSR count). The average Bonchev–Trinajstić information content (AvgIpc) is 3.21. The van der Waals surface area contributed by atoms with Gasteiger partial charge in [-0.25, -0.2) is 4.79 Å². The second-order valence-electron chi connectivity index (χ2n) is 7.11. The molecule has 2 aliphatic heterocycles. The number of carboxylic acids is 1. The number of hydrogen-bond acceptors (Lipinski definition) is 3. The number of nitrogens with zero attached hydrogens (tertiary/aromatic N) is 2. The number of likely N-dealkylation sites (tertiary alicyclic amines) is 1. The molecule has 25 heavy (non-hydrogen) atoms. The zero-order chi connectivity index (χ0) is 18.1. The van der Waals surface area contributed by atoms with Gasteiger partial charge in [-0.05, 0) is 42.9 Å². The van der Waals surface area contributed by atoms with Crippen LogP contribution in [0, 0.1) is 5.92 Å². The normalized spacial score (nSPS) is 23.6. The lowest BCUT2D eigenvalue weighted by Gasteiger charge is -2.24. The lowest BCUT2D eigenvalue weighted by molar-refractivity contribution is -0.151. The van der Waals surface area contributed by atoms with Crippen LogP contribution in [-0.4, -0.2) is 46.9 Å². The average molecular weight is 344 g/mol. The van der Waals surface area contributed by atoms with Crippen molar-refractivity contribution in [2.45, 2.75) is 45.1 Å². The fourth-order valence-corrected chi connectivity index (χ4v) is 3.69. The van der Waals surface area contributed by atoms with Crippen molar-refractivity contribution in [3.05, 3.63) is 29.8 Å². The quantitative estimate of drug-likeness (QED) is 0.850.